The van der Waals surface area contributed by atoms with Crippen molar-refractivity contribution in [2.45, 2.75) is 31.2 Å². The fraction of sp³-hybridized carbons (Fsp3) is 0.500. The molecule has 68 valence electrons. The van der Waals surface area contributed by atoms with Crippen LogP contribution in [0.4, 0.5) is 0 Å². The summed E-state index contributed by atoms with van der Waals surface area (Å²) in [4.78, 5) is 0. The molecule has 0 atom stereocenters. The summed E-state index contributed by atoms with van der Waals surface area (Å²) in [5, 5.41) is 0. The highest BCUT2D eigenvalue weighted by atomic mass is 14.9. The Balaban J connectivity index is 1.72. The van der Waals surface area contributed by atoms with E-state index in [9.17, 15) is 0 Å². The van der Waals surface area contributed by atoms with Crippen LogP contribution in [0.1, 0.15) is 24.8 Å². The third-order valence-electron chi connectivity index (χ3n) is 3.60. The van der Waals surface area contributed by atoms with Gasteiger partial charge in [0.05, 0.1) is 0 Å². The maximum atomic E-state index is 6.03. The van der Waals surface area contributed by atoms with Crippen LogP contribution in [0.2, 0.25) is 0 Å². The van der Waals surface area contributed by atoms with Gasteiger partial charge in [-0.25, -0.2) is 0 Å². The molecule has 0 heterocycles. The van der Waals surface area contributed by atoms with Gasteiger partial charge in [-0.05, 0) is 36.7 Å². The predicted molar refractivity (Wildman–Crippen MR) is 53.3 cm³/mol. The molecule has 2 N–H and O–H groups in total. The molecule has 3 aliphatic rings. The Kier molecular flexibility index (Phi) is 1.26. The third-order valence-corrected chi connectivity index (χ3v) is 3.60. The number of rotatable bonds is 2. The van der Waals surface area contributed by atoms with Crippen LogP contribution < -0.4 is 5.73 Å². The molecule has 4 rings (SSSR count). The van der Waals surface area contributed by atoms with Crippen molar-refractivity contribution in [3.8, 4) is 0 Å². The molecule has 0 unspecified atom stereocenters. The first-order valence-corrected chi connectivity index (χ1v) is 5.03. The molecule has 0 saturated heterocycles. The molecule has 1 nitrogen and oxygen atoms in total. The van der Waals surface area contributed by atoms with Crippen molar-refractivity contribution in [3.63, 3.8) is 0 Å². The Morgan fingerprint density at radius 3 is 2.23 bits per heavy atom. The van der Waals surface area contributed by atoms with E-state index in [1.165, 1.54) is 31.2 Å². The van der Waals surface area contributed by atoms with Crippen LogP contribution >= 0.6 is 0 Å². The average molecular weight is 173 g/mol. The van der Waals surface area contributed by atoms with Crippen LogP contribution in [0.25, 0.3) is 0 Å². The summed E-state index contributed by atoms with van der Waals surface area (Å²) in [6.07, 6.45) is 5.02. The Bertz CT molecular complexity index is 308. The first-order chi connectivity index (χ1) is 6.20. The van der Waals surface area contributed by atoms with Gasteiger partial charge in [-0.15, -0.1) is 0 Å². The molecule has 13 heavy (non-hydrogen) atoms. The minimum atomic E-state index is 0.259. The van der Waals surface area contributed by atoms with Crippen molar-refractivity contribution in [1.29, 1.82) is 0 Å². The van der Waals surface area contributed by atoms with E-state index in [4.69, 9.17) is 5.73 Å². The standard InChI is InChI=1S/C12H15N/c13-12-7-11(8-12,9-12)6-10-4-2-1-3-5-10/h1-5H,6-9,13H2. The zero-order valence-electron chi connectivity index (χ0n) is 7.79. The molecule has 0 radical (unpaired) electrons. The zero-order chi connectivity index (χ0) is 8.94. The van der Waals surface area contributed by atoms with E-state index in [0.29, 0.717) is 5.41 Å². The van der Waals surface area contributed by atoms with E-state index < -0.39 is 0 Å². The molecule has 0 spiro atoms. The van der Waals surface area contributed by atoms with Gasteiger partial charge in [0.15, 0.2) is 0 Å². The van der Waals surface area contributed by atoms with Crippen molar-refractivity contribution in [1.82, 2.24) is 0 Å². The lowest BCUT2D eigenvalue weighted by atomic mass is 9.38. The second-order valence-corrected chi connectivity index (χ2v) is 5.06. The van der Waals surface area contributed by atoms with E-state index in [0.717, 1.165) is 0 Å². The monoisotopic (exact) mass is 173 g/mol. The topological polar surface area (TPSA) is 26.0 Å². The van der Waals surface area contributed by atoms with E-state index in [2.05, 4.69) is 30.3 Å². The molecule has 0 amide bonds. The van der Waals surface area contributed by atoms with Gasteiger partial charge in [0.2, 0.25) is 0 Å². The average Bonchev–Trinajstić information content (AvgIpc) is 2.02. The van der Waals surface area contributed by atoms with E-state index in [1.54, 1.807) is 0 Å². The number of benzene rings is 1. The Morgan fingerprint density at radius 2 is 1.69 bits per heavy atom. The maximum Gasteiger partial charge on any atom is 0.0170 e. The second kappa shape index (κ2) is 2.16. The molecule has 1 aromatic rings. The lowest BCUT2D eigenvalue weighted by Gasteiger charge is -2.69. The minimum Gasteiger partial charge on any atom is -0.325 e. The highest BCUT2D eigenvalue weighted by Crippen LogP contribution is 2.67. The Labute approximate surface area is 78.9 Å². The van der Waals surface area contributed by atoms with Crippen LogP contribution in [-0.2, 0) is 6.42 Å². The summed E-state index contributed by atoms with van der Waals surface area (Å²) >= 11 is 0. The van der Waals surface area contributed by atoms with Crippen molar-refractivity contribution >= 4 is 0 Å². The fourth-order valence-electron chi connectivity index (χ4n) is 3.30. The zero-order valence-corrected chi connectivity index (χ0v) is 7.79. The Morgan fingerprint density at radius 1 is 1.08 bits per heavy atom. The van der Waals surface area contributed by atoms with Gasteiger partial charge in [-0.1, -0.05) is 30.3 Å². The molecule has 2 bridgehead atoms. The first kappa shape index (κ1) is 7.57. The van der Waals surface area contributed by atoms with Gasteiger partial charge >= 0.3 is 0 Å². The highest BCUT2D eigenvalue weighted by Gasteiger charge is 2.65. The maximum absolute atomic E-state index is 6.03. The normalized spacial score (nSPS) is 40.7. The van der Waals surface area contributed by atoms with Gasteiger partial charge in [0.25, 0.3) is 0 Å². The molecule has 0 aromatic heterocycles. The number of nitrogens with two attached hydrogens (primary N) is 1. The van der Waals surface area contributed by atoms with Crippen LogP contribution in [0, 0.1) is 5.41 Å². The molecule has 3 fully saturated rings. The SMILES string of the molecule is NC12CC(Cc3ccccc3)(C1)C2. The summed E-state index contributed by atoms with van der Waals surface area (Å²) < 4.78 is 0. The summed E-state index contributed by atoms with van der Waals surface area (Å²) in [7, 11) is 0. The van der Waals surface area contributed by atoms with Crippen molar-refractivity contribution in [2.75, 3.05) is 0 Å². The smallest absolute Gasteiger partial charge is 0.0170 e. The minimum absolute atomic E-state index is 0.259. The molecule has 1 aromatic carbocycles. The number of hydrogen-bond acceptors (Lipinski definition) is 1. The van der Waals surface area contributed by atoms with E-state index in [-0.39, 0.29) is 5.54 Å². The fourth-order valence-corrected chi connectivity index (χ4v) is 3.30. The van der Waals surface area contributed by atoms with Gasteiger partial charge in [0, 0.05) is 5.54 Å². The lowest BCUT2D eigenvalue weighted by molar-refractivity contribution is -0.130. The molecule has 0 aliphatic heterocycles. The quantitative estimate of drug-likeness (QED) is 0.728. The van der Waals surface area contributed by atoms with Crippen LogP contribution in [0.15, 0.2) is 30.3 Å². The Hall–Kier alpha value is -0.820. The van der Waals surface area contributed by atoms with Crippen LogP contribution in [0.3, 0.4) is 0 Å². The molecular weight excluding hydrogens is 158 g/mol. The summed E-state index contributed by atoms with van der Waals surface area (Å²) in [6, 6.07) is 10.8. The predicted octanol–water partition coefficient (Wildman–Crippen LogP) is 2.11. The summed E-state index contributed by atoms with van der Waals surface area (Å²) in [5.41, 5.74) is 8.37. The van der Waals surface area contributed by atoms with Gasteiger partial charge in [-0.2, -0.15) is 0 Å². The highest BCUT2D eigenvalue weighted by molar-refractivity contribution is 5.27. The molecule has 3 saturated carbocycles. The van der Waals surface area contributed by atoms with Gasteiger partial charge in [-0.3, -0.25) is 0 Å². The first-order valence-electron chi connectivity index (χ1n) is 5.03. The largest absolute Gasteiger partial charge is 0.325 e. The van der Waals surface area contributed by atoms with E-state index >= 15 is 0 Å². The van der Waals surface area contributed by atoms with Crippen molar-refractivity contribution in [2.24, 2.45) is 11.1 Å². The van der Waals surface area contributed by atoms with E-state index in [1.807, 2.05) is 0 Å². The van der Waals surface area contributed by atoms with Gasteiger partial charge < -0.3 is 5.73 Å². The second-order valence-electron chi connectivity index (χ2n) is 5.06. The summed E-state index contributed by atoms with van der Waals surface area (Å²) in [5.74, 6) is 0. The molecular formula is C12H15N. The number of hydrogen-bond donors (Lipinski definition) is 1. The van der Waals surface area contributed by atoms with Crippen molar-refractivity contribution in [3.05, 3.63) is 35.9 Å². The lowest BCUT2D eigenvalue weighted by Crippen LogP contribution is -2.72. The summed E-state index contributed by atoms with van der Waals surface area (Å²) in [6.45, 7) is 0. The third kappa shape index (κ3) is 1.03. The van der Waals surface area contributed by atoms with Crippen LogP contribution in [0.5, 0.6) is 0 Å². The molecule has 1 heteroatoms. The van der Waals surface area contributed by atoms with Crippen molar-refractivity contribution < 1.29 is 0 Å². The molecule has 3 aliphatic carbocycles. The van der Waals surface area contributed by atoms with Gasteiger partial charge in [0.1, 0.15) is 0 Å². The van der Waals surface area contributed by atoms with Crippen LogP contribution in [-0.4, -0.2) is 5.54 Å².